The molecule has 0 aliphatic carbocycles. The van der Waals surface area contributed by atoms with Crippen LogP contribution in [-0.4, -0.2) is 27.7 Å². The average molecular weight is 294 g/mol. The van der Waals surface area contributed by atoms with Crippen molar-refractivity contribution in [3.63, 3.8) is 0 Å². The third-order valence-corrected chi connectivity index (χ3v) is 3.95. The lowest BCUT2D eigenvalue weighted by molar-refractivity contribution is 0.244. The van der Waals surface area contributed by atoms with E-state index >= 15 is 0 Å². The highest BCUT2D eigenvalue weighted by atomic mass is 32.1. The van der Waals surface area contributed by atoms with Gasteiger partial charge in [-0.2, -0.15) is 4.98 Å². The molecule has 0 aromatic carbocycles. The van der Waals surface area contributed by atoms with Gasteiger partial charge in [-0.15, -0.1) is 11.3 Å². The van der Waals surface area contributed by atoms with Gasteiger partial charge >= 0.3 is 0 Å². The van der Waals surface area contributed by atoms with Crippen LogP contribution in [0.1, 0.15) is 40.0 Å². The molecule has 0 fully saturated rings. The highest BCUT2D eigenvalue weighted by Crippen LogP contribution is 2.24. The number of rotatable bonds is 6. The number of thiazole rings is 1. The van der Waals surface area contributed by atoms with Gasteiger partial charge in [0.15, 0.2) is 0 Å². The Bertz CT molecular complexity index is 516. The van der Waals surface area contributed by atoms with Gasteiger partial charge < -0.3 is 9.84 Å². The number of hydrogen-bond donors (Lipinski definition) is 1. The van der Waals surface area contributed by atoms with Crippen LogP contribution in [0.4, 0.5) is 0 Å². The monoisotopic (exact) mass is 294 g/mol. The molecule has 2 aromatic heterocycles. The van der Waals surface area contributed by atoms with Crippen molar-refractivity contribution in [2.45, 2.75) is 46.6 Å². The maximum atomic E-state index is 5.37. The van der Waals surface area contributed by atoms with Crippen molar-refractivity contribution in [3.05, 3.63) is 17.6 Å². The summed E-state index contributed by atoms with van der Waals surface area (Å²) in [5.74, 6) is 1.31. The van der Waals surface area contributed by atoms with Crippen molar-refractivity contribution in [3.8, 4) is 10.7 Å². The zero-order chi connectivity index (χ0) is 14.6. The van der Waals surface area contributed by atoms with E-state index in [4.69, 9.17) is 4.52 Å². The minimum atomic E-state index is 0.147. The number of nitrogens with one attached hydrogen (secondary N) is 1. The first kappa shape index (κ1) is 15.1. The zero-order valence-corrected chi connectivity index (χ0v) is 13.3. The van der Waals surface area contributed by atoms with Gasteiger partial charge in [0.25, 0.3) is 0 Å². The summed E-state index contributed by atoms with van der Waals surface area (Å²) in [6, 6.07) is 0.317. The topological polar surface area (TPSA) is 63.8 Å². The van der Waals surface area contributed by atoms with Crippen LogP contribution < -0.4 is 5.32 Å². The van der Waals surface area contributed by atoms with E-state index < -0.39 is 0 Å². The third kappa shape index (κ3) is 3.86. The highest BCUT2D eigenvalue weighted by Gasteiger charge is 2.26. The second-order valence-corrected chi connectivity index (χ2v) is 6.84. The average Bonchev–Trinajstić information content (AvgIpc) is 3.03. The summed E-state index contributed by atoms with van der Waals surface area (Å²) < 4.78 is 5.37. The Balaban J connectivity index is 2.07. The lowest BCUT2D eigenvalue weighted by Gasteiger charge is -2.30. The van der Waals surface area contributed by atoms with E-state index in [-0.39, 0.29) is 5.41 Å². The quantitative estimate of drug-likeness (QED) is 0.886. The molecule has 110 valence electrons. The molecule has 0 aliphatic heterocycles. The summed E-state index contributed by atoms with van der Waals surface area (Å²) in [4.78, 5) is 9.44. The summed E-state index contributed by atoms with van der Waals surface area (Å²) >= 11 is 1.52. The maximum absolute atomic E-state index is 5.37. The van der Waals surface area contributed by atoms with E-state index in [2.05, 4.69) is 48.1 Å². The molecule has 6 heteroatoms. The molecular formula is C14H22N4OS. The fraction of sp³-hybridized carbons (Fsp3) is 0.643. The van der Waals surface area contributed by atoms with Crippen molar-refractivity contribution < 1.29 is 4.52 Å². The SMILES string of the molecule is CCCNC(Cc1nc(-c2cncs2)no1)C(C)(C)C. The molecule has 0 saturated carbocycles. The van der Waals surface area contributed by atoms with Gasteiger partial charge in [-0.05, 0) is 18.4 Å². The Kier molecular flexibility index (Phi) is 4.88. The van der Waals surface area contributed by atoms with E-state index in [0.29, 0.717) is 17.8 Å². The Morgan fingerprint density at radius 2 is 2.20 bits per heavy atom. The molecule has 1 unspecified atom stereocenters. The van der Waals surface area contributed by atoms with Crippen LogP contribution in [0.5, 0.6) is 0 Å². The molecule has 20 heavy (non-hydrogen) atoms. The zero-order valence-electron chi connectivity index (χ0n) is 12.5. The number of nitrogens with zero attached hydrogens (tertiary/aromatic N) is 3. The van der Waals surface area contributed by atoms with Gasteiger partial charge in [-0.1, -0.05) is 32.9 Å². The second-order valence-electron chi connectivity index (χ2n) is 5.95. The van der Waals surface area contributed by atoms with Crippen molar-refractivity contribution in [1.29, 1.82) is 0 Å². The Hall–Kier alpha value is -1.27. The molecule has 2 heterocycles. The van der Waals surface area contributed by atoms with Crippen LogP contribution in [0, 0.1) is 5.41 Å². The second kappa shape index (κ2) is 6.45. The Morgan fingerprint density at radius 3 is 2.80 bits per heavy atom. The number of hydrogen-bond acceptors (Lipinski definition) is 6. The first-order valence-electron chi connectivity index (χ1n) is 6.95. The lowest BCUT2D eigenvalue weighted by Crippen LogP contribution is -2.42. The van der Waals surface area contributed by atoms with Crippen LogP contribution in [0.3, 0.4) is 0 Å². The summed E-state index contributed by atoms with van der Waals surface area (Å²) in [5.41, 5.74) is 1.92. The molecule has 1 atom stereocenters. The molecule has 1 N–H and O–H groups in total. The van der Waals surface area contributed by atoms with Gasteiger partial charge in [0.05, 0.1) is 10.4 Å². The van der Waals surface area contributed by atoms with Gasteiger partial charge in [-0.3, -0.25) is 4.98 Å². The van der Waals surface area contributed by atoms with Gasteiger partial charge in [0.2, 0.25) is 11.7 Å². The summed E-state index contributed by atoms with van der Waals surface area (Å²) in [6.07, 6.45) is 3.62. The summed E-state index contributed by atoms with van der Waals surface area (Å²) in [6.45, 7) is 9.83. The molecule has 0 saturated heterocycles. The van der Waals surface area contributed by atoms with Crippen molar-refractivity contribution in [2.24, 2.45) is 5.41 Å². The predicted molar refractivity (Wildman–Crippen MR) is 80.6 cm³/mol. The van der Waals surface area contributed by atoms with E-state index in [1.165, 1.54) is 11.3 Å². The standard InChI is InChI=1S/C14H22N4OS/c1-5-6-16-11(14(2,3)4)7-12-17-13(18-19-12)10-8-15-9-20-10/h8-9,11,16H,5-7H2,1-4H3. The third-order valence-electron chi connectivity index (χ3n) is 3.19. The molecule has 2 aromatic rings. The normalized spacial score (nSPS) is 13.6. The maximum Gasteiger partial charge on any atom is 0.228 e. The van der Waals surface area contributed by atoms with E-state index in [1.807, 2.05) is 0 Å². The van der Waals surface area contributed by atoms with E-state index in [9.17, 15) is 0 Å². The molecule has 5 nitrogen and oxygen atoms in total. The van der Waals surface area contributed by atoms with Crippen molar-refractivity contribution in [1.82, 2.24) is 20.4 Å². The molecule has 2 rings (SSSR count). The highest BCUT2D eigenvalue weighted by molar-refractivity contribution is 7.13. The fourth-order valence-electron chi connectivity index (χ4n) is 1.94. The lowest BCUT2D eigenvalue weighted by atomic mass is 9.84. The smallest absolute Gasteiger partial charge is 0.228 e. The van der Waals surface area contributed by atoms with Gasteiger partial charge in [0, 0.05) is 18.7 Å². The summed E-state index contributed by atoms with van der Waals surface area (Å²) in [7, 11) is 0. The van der Waals surface area contributed by atoms with Crippen LogP contribution in [0.2, 0.25) is 0 Å². The molecule has 0 aliphatic rings. The molecular weight excluding hydrogens is 272 g/mol. The minimum Gasteiger partial charge on any atom is -0.339 e. The van der Waals surface area contributed by atoms with Gasteiger partial charge in [-0.25, -0.2) is 0 Å². The van der Waals surface area contributed by atoms with E-state index in [0.717, 1.165) is 24.3 Å². The van der Waals surface area contributed by atoms with Crippen LogP contribution >= 0.6 is 11.3 Å². The summed E-state index contributed by atoms with van der Waals surface area (Å²) in [5, 5.41) is 7.59. The fourth-order valence-corrected chi connectivity index (χ4v) is 2.49. The van der Waals surface area contributed by atoms with Gasteiger partial charge in [0.1, 0.15) is 0 Å². The minimum absolute atomic E-state index is 0.147. The number of aromatic nitrogens is 3. The van der Waals surface area contributed by atoms with Crippen LogP contribution in [0.15, 0.2) is 16.2 Å². The van der Waals surface area contributed by atoms with E-state index in [1.54, 1.807) is 11.7 Å². The Labute approximate surface area is 123 Å². The van der Waals surface area contributed by atoms with Crippen LogP contribution in [-0.2, 0) is 6.42 Å². The molecule has 0 bridgehead atoms. The Morgan fingerprint density at radius 1 is 1.40 bits per heavy atom. The predicted octanol–water partition coefficient (Wildman–Crippen LogP) is 3.15. The van der Waals surface area contributed by atoms with Crippen molar-refractivity contribution in [2.75, 3.05) is 6.54 Å². The molecule has 0 radical (unpaired) electrons. The van der Waals surface area contributed by atoms with Crippen molar-refractivity contribution >= 4 is 11.3 Å². The first-order chi connectivity index (χ1) is 9.50. The largest absolute Gasteiger partial charge is 0.339 e. The van der Waals surface area contributed by atoms with Crippen LogP contribution in [0.25, 0.3) is 10.7 Å². The molecule has 0 spiro atoms. The molecule has 0 amide bonds. The first-order valence-corrected chi connectivity index (χ1v) is 7.83.